The summed E-state index contributed by atoms with van der Waals surface area (Å²) in [4.78, 5) is 12.0. The zero-order valence-electron chi connectivity index (χ0n) is 13.5. The van der Waals surface area contributed by atoms with Gasteiger partial charge in [0.05, 0.1) is 0 Å². The molecule has 0 radical (unpaired) electrons. The molecular weight excluding hydrogens is 306 g/mol. The molecule has 3 atom stereocenters. The van der Waals surface area contributed by atoms with Crippen LogP contribution in [0, 0.1) is 0 Å². The number of amides is 1. The standard InChI is InChI=1S/C19H21NO4/c1-23-17(15-10-6-3-7-11-15)19(22)13-16(24-18(21)20-19)12-14-8-4-2-5-9-14/h2-11,16-17,22H,12-13H2,1H3,(H,20,21)/t16-,17-,19+/m1/s1. The van der Waals surface area contributed by atoms with E-state index in [1.54, 1.807) is 0 Å². The highest BCUT2D eigenvalue weighted by Crippen LogP contribution is 2.34. The summed E-state index contributed by atoms with van der Waals surface area (Å²) in [6, 6.07) is 19.1. The average molecular weight is 327 g/mol. The lowest BCUT2D eigenvalue weighted by Gasteiger charge is -2.41. The van der Waals surface area contributed by atoms with E-state index in [1.807, 2.05) is 60.7 Å². The van der Waals surface area contributed by atoms with Crippen LogP contribution in [0.5, 0.6) is 0 Å². The molecule has 2 aromatic rings. The highest BCUT2D eigenvalue weighted by molar-refractivity contribution is 5.69. The third-order valence-electron chi connectivity index (χ3n) is 4.21. The summed E-state index contributed by atoms with van der Waals surface area (Å²) in [5.74, 6) is 0. The van der Waals surface area contributed by atoms with Crippen LogP contribution >= 0.6 is 0 Å². The Labute approximate surface area is 141 Å². The van der Waals surface area contributed by atoms with Crippen LogP contribution in [0.3, 0.4) is 0 Å². The van der Waals surface area contributed by atoms with E-state index in [2.05, 4.69) is 5.32 Å². The van der Waals surface area contributed by atoms with Crippen molar-refractivity contribution in [1.29, 1.82) is 0 Å². The fraction of sp³-hybridized carbons (Fsp3) is 0.316. The fourth-order valence-corrected chi connectivity index (χ4v) is 3.20. The number of benzene rings is 2. The summed E-state index contributed by atoms with van der Waals surface area (Å²) in [5, 5.41) is 13.6. The molecule has 3 rings (SSSR count). The summed E-state index contributed by atoms with van der Waals surface area (Å²) < 4.78 is 10.9. The van der Waals surface area contributed by atoms with E-state index in [-0.39, 0.29) is 6.42 Å². The summed E-state index contributed by atoms with van der Waals surface area (Å²) in [7, 11) is 1.52. The Morgan fingerprint density at radius 3 is 2.46 bits per heavy atom. The molecule has 0 aliphatic carbocycles. The molecule has 0 bridgehead atoms. The van der Waals surface area contributed by atoms with Gasteiger partial charge < -0.3 is 14.6 Å². The topological polar surface area (TPSA) is 67.8 Å². The normalized spacial score (nSPS) is 24.8. The number of methoxy groups -OCH3 is 1. The second-order valence-electron chi connectivity index (χ2n) is 6.00. The first-order valence-corrected chi connectivity index (χ1v) is 7.93. The largest absolute Gasteiger partial charge is 0.446 e. The van der Waals surface area contributed by atoms with Crippen molar-refractivity contribution in [3.63, 3.8) is 0 Å². The number of carbonyl (C=O) groups is 1. The van der Waals surface area contributed by atoms with Crippen molar-refractivity contribution >= 4 is 6.09 Å². The van der Waals surface area contributed by atoms with Crippen LogP contribution in [0.2, 0.25) is 0 Å². The van der Waals surface area contributed by atoms with Gasteiger partial charge in [0.2, 0.25) is 0 Å². The minimum atomic E-state index is -1.52. The van der Waals surface area contributed by atoms with Crippen LogP contribution in [-0.4, -0.2) is 30.1 Å². The monoisotopic (exact) mass is 327 g/mol. The molecule has 1 aliphatic heterocycles. The van der Waals surface area contributed by atoms with Gasteiger partial charge in [0.15, 0.2) is 5.72 Å². The second-order valence-corrected chi connectivity index (χ2v) is 6.00. The van der Waals surface area contributed by atoms with Crippen LogP contribution in [0.4, 0.5) is 4.79 Å². The van der Waals surface area contributed by atoms with Gasteiger partial charge >= 0.3 is 6.09 Å². The predicted octanol–water partition coefficient (Wildman–Crippen LogP) is 2.80. The molecule has 1 saturated heterocycles. The first kappa shape index (κ1) is 16.5. The van der Waals surface area contributed by atoms with Crippen molar-refractivity contribution in [3.05, 3.63) is 71.8 Å². The summed E-state index contributed by atoms with van der Waals surface area (Å²) >= 11 is 0. The van der Waals surface area contributed by atoms with Crippen LogP contribution in [0.1, 0.15) is 23.7 Å². The Kier molecular flexibility index (Phi) is 4.83. The van der Waals surface area contributed by atoms with Gasteiger partial charge in [-0.05, 0) is 11.1 Å². The maximum atomic E-state index is 12.0. The molecule has 1 heterocycles. The van der Waals surface area contributed by atoms with E-state index in [1.165, 1.54) is 7.11 Å². The van der Waals surface area contributed by atoms with Crippen molar-refractivity contribution in [2.75, 3.05) is 7.11 Å². The van der Waals surface area contributed by atoms with Gasteiger partial charge in [-0.2, -0.15) is 0 Å². The van der Waals surface area contributed by atoms with Crippen LogP contribution in [-0.2, 0) is 15.9 Å². The maximum absolute atomic E-state index is 12.0. The number of rotatable bonds is 5. The van der Waals surface area contributed by atoms with Crippen molar-refractivity contribution in [2.24, 2.45) is 0 Å². The van der Waals surface area contributed by atoms with Gasteiger partial charge in [0.25, 0.3) is 0 Å². The molecule has 1 amide bonds. The van der Waals surface area contributed by atoms with Crippen molar-refractivity contribution in [1.82, 2.24) is 5.32 Å². The summed E-state index contributed by atoms with van der Waals surface area (Å²) in [5.41, 5.74) is 0.321. The van der Waals surface area contributed by atoms with E-state index < -0.39 is 24.0 Å². The molecule has 0 saturated carbocycles. The van der Waals surface area contributed by atoms with Crippen LogP contribution in [0.25, 0.3) is 0 Å². The molecule has 2 N–H and O–H groups in total. The molecule has 126 valence electrons. The van der Waals surface area contributed by atoms with Crippen molar-refractivity contribution in [3.8, 4) is 0 Å². The third-order valence-corrected chi connectivity index (χ3v) is 4.21. The highest BCUT2D eigenvalue weighted by Gasteiger charge is 2.46. The third kappa shape index (κ3) is 3.58. The highest BCUT2D eigenvalue weighted by atomic mass is 16.6. The molecule has 1 fully saturated rings. The lowest BCUT2D eigenvalue weighted by atomic mass is 9.90. The summed E-state index contributed by atoms with van der Waals surface area (Å²) in [6.07, 6.45) is -0.956. The number of aliphatic hydroxyl groups is 1. The van der Waals surface area contributed by atoms with E-state index in [0.29, 0.717) is 6.42 Å². The molecule has 5 heteroatoms. The van der Waals surface area contributed by atoms with Gasteiger partial charge in [-0.15, -0.1) is 0 Å². The Bertz CT molecular complexity index is 676. The number of hydrogen-bond donors (Lipinski definition) is 2. The zero-order valence-corrected chi connectivity index (χ0v) is 13.5. The summed E-state index contributed by atoms with van der Waals surface area (Å²) in [6.45, 7) is 0. The van der Waals surface area contributed by atoms with Crippen LogP contribution in [0.15, 0.2) is 60.7 Å². The smallest absolute Gasteiger partial charge is 0.409 e. The van der Waals surface area contributed by atoms with E-state index >= 15 is 0 Å². The van der Waals surface area contributed by atoms with Crippen molar-refractivity contribution in [2.45, 2.75) is 30.8 Å². The SMILES string of the molecule is CO[C@H](c1ccccc1)[C@@]1(O)C[C@@H](Cc2ccccc2)OC(=O)N1. The Hall–Kier alpha value is -2.37. The number of cyclic esters (lactones) is 1. The molecule has 1 aliphatic rings. The molecule has 24 heavy (non-hydrogen) atoms. The van der Waals surface area contributed by atoms with Gasteiger partial charge in [-0.1, -0.05) is 60.7 Å². The number of alkyl carbamates (subject to hydrolysis) is 1. The molecule has 5 nitrogen and oxygen atoms in total. The van der Waals surface area contributed by atoms with Crippen molar-refractivity contribution < 1.29 is 19.4 Å². The number of hydrogen-bond acceptors (Lipinski definition) is 4. The lowest BCUT2D eigenvalue weighted by Crippen LogP contribution is -2.60. The zero-order chi connectivity index (χ0) is 17.0. The molecule has 0 aromatic heterocycles. The van der Waals surface area contributed by atoms with Gasteiger partial charge in [0, 0.05) is 20.0 Å². The lowest BCUT2D eigenvalue weighted by molar-refractivity contribution is -0.152. The maximum Gasteiger partial charge on any atom is 0.409 e. The first-order valence-electron chi connectivity index (χ1n) is 7.93. The molecule has 0 unspecified atom stereocenters. The van der Waals surface area contributed by atoms with E-state index in [0.717, 1.165) is 11.1 Å². The molecule has 0 spiro atoms. The molecule has 2 aromatic carbocycles. The van der Waals surface area contributed by atoms with Gasteiger partial charge in [0.1, 0.15) is 12.2 Å². The second kappa shape index (κ2) is 7.03. The average Bonchev–Trinajstić information content (AvgIpc) is 2.56. The fourth-order valence-electron chi connectivity index (χ4n) is 3.20. The molecular formula is C19H21NO4. The number of carbonyl (C=O) groups excluding carboxylic acids is 1. The first-order chi connectivity index (χ1) is 11.6. The Morgan fingerprint density at radius 1 is 1.21 bits per heavy atom. The quantitative estimate of drug-likeness (QED) is 0.886. The van der Waals surface area contributed by atoms with E-state index in [4.69, 9.17) is 9.47 Å². The van der Waals surface area contributed by atoms with E-state index in [9.17, 15) is 9.90 Å². The van der Waals surface area contributed by atoms with Gasteiger partial charge in [-0.3, -0.25) is 5.32 Å². The Morgan fingerprint density at radius 2 is 1.83 bits per heavy atom. The predicted molar refractivity (Wildman–Crippen MR) is 89.3 cm³/mol. The number of nitrogens with one attached hydrogen (secondary N) is 1. The van der Waals surface area contributed by atoms with Crippen LogP contribution < -0.4 is 5.32 Å². The minimum Gasteiger partial charge on any atom is -0.446 e. The van der Waals surface area contributed by atoms with Gasteiger partial charge in [-0.25, -0.2) is 4.79 Å². The number of ether oxygens (including phenoxy) is 2. The minimum absolute atomic E-state index is 0.237. The Balaban J connectivity index is 1.81.